The minimum atomic E-state index is -1.49. The van der Waals surface area contributed by atoms with Crippen LogP contribution in [0.1, 0.15) is 25.3 Å². The van der Waals surface area contributed by atoms with Crippen LogP contribution in [0.4, 0.5) is 0 Å². The minimum absolute atomic E-state index is 0.221. The molecule has 0 spiro atoms. The molecule has 1 aliphatic heterocycles. The van der Waals surface area contributed by atoms with Crippen LogP contribution in [-0.2, 0) is 14.3 Å². The van der Waals surface area contributed by atoms with Crippen molar-refractivity contribution in [3.63, 3.8) is 0 Å². The first-order valence-electron chi connectivity index (χ1n) is 7.20. The zero-order chi connectivity index (χ0) is 15.3. The molecule has 2 rings (SSSR count). The fraction of sp³-hybridized carbons (Fsp3) is 0.562. The van der Waals surface area contributed by atoms with Gasteiger partial charge in [-0.15, -0.1) is 0 Å². The quantitative estimate of drug-likeness (QED) is 0.817. The maximum Gasteiger partial charge on any atom is 0.364 e. The Hall–Kier alpha value is -1.59. The van der Waals surface area contributed by atoms with E-state index in [0.717, 1.165) is 18.6 Å². The number of rotatable bonds is 6. The summed E-state index contributed by atoms with van der Waals surface area (Å²) in [6.45, 7) is 4.93. The molecular formula is C16H22O5. The fourth-order valence-electron chi connectivity index (χ4n) is 2.13. The molecule has 0 bridgehead atoms. The lowest BCUT2D eigenvalue weighted by Gasteiger charge is -2.34. The zero-order valence-corrected chi connectivity index (χ0v) is 12.5. The highest BCUT2D eigenvalue weighted by molar-refractivity contribution is 5.75. The highest BCUT2D eigenvalue weighted by atomic mass is 16.7. The van der Waals surface area contributed by atoms with Crippen LogP contribution in [0.2, 0.25) is 0 Å². The van der Waals surface area contributed by atoms with Crippen molar-refractivity contribution in [2.24, 2.45) is 5.92 Å². The second-order valence-corrected chi connectivity index (χ2v) is 5.54. The Balaban J connectivity index is 1.64. The van der Waals surface area contributed by atoms with Crippen LogP contribution in [-0.4, -0.2) is 36.7 Å². The Bertz CT molecular complexity index is 460. The van der Waals surface area contributed by atoms with Crippen molar-refractivity contribution in [2.75, 3.05) is 19.8 Å². The maximum absolute atomic E-state index is 11.0. The molecule has 1 aromatic carbocycles. The number of ether oxygens (including phenoxy) is 3. The standard InChI is InChI=1S/C16H22O5/c1-12-5-7-14(8-6-12)19-9-3-4-13-10-20-16(2,15(17)18)21-11-13/h5-8,13H,3-4,9-11H2,1-2H3,(H,17,18). The van der Waals surface area contributed by atoms with Crippen LogP contribution in [0.15, 0.2) is 24.3 Å². The van der Waals surface area contributed by atoms with E-state index in [1.807, 2.05) is 31.2 Å². The van der Waals surface area contributed by atoms with Crippen molar-refractivity contribution >= 4 is 5.97 Å². The third-order valence-corrected chi connectivity index (χ3v) is 3.62. The van der Waals surface area contributed by atoms with E-state index < -0.39 is 11.8 Å². The van der Waals surface area contributed by atoms with Crippen molar-refractivity contribution in [3.8, 4) is 5.75 Å². The molecule has 0 amide bonds. The monoisotopic (exact) mass is 294 g/mol. The summed E-state index contributed by atoms with van der Waals surface area (Å²) in [4.78, 5) is 11.0. The summed E-state index contributed by atoms with van der Waals surface area (Å²) in [5.41, 5.74) is 1.21. The SMILES string of the molecule is Cc1ccc(OCCCC2COC(C)(C(=O)O)OC2)cc1. The predicted molar refractivity (Wildman–Crippen MR) is 77.3 cm³/mol. The van der Waals surface area contributed by atoms with Crippen molar-refractivity contribution in [3.05, 3.63) is 29.8 Å². The van der Waals surface area contributed by atoms with Crippen LogP contribution in [0.5, 0.6) is 5.75 Å². The summed E-state index contributed by atoms with van der Waals surface area (Å²) in [5, 5.41) is 8.97. The Labute approximate surface area is 124 Å². The first kappa shape index (κ1) is 15.8. The van der Waals surface area contributed by atoms with Crippen LogP contribution in [0, 0.1) is 12.8 Å². The van der Waals surface area contributed by atoms with Gasteiger partial charge in [0.2, 0.25) is 0 Å². The van der Waals surface area contributed by atoms with E-state index in [1.54, 1.807) is 0 Å². The Morgan fingerprint density at radius 3 is 2.52 bits per heavy atom. The Kier molecular flexibility index (Phi) is 5.20. The van der Waals surface area contributed by atoms with Crippen LogP contribution in [0.25, 0.3) is 0 Å². The smallest absolute Gasteiger partial charge is 0.364 e. The minimum Gasteiger partial charge on any atom is -0.494 e. The third kappa shape index (κ3) is 4.44. The zero-order valence-electron chi connectivity index (χ0n) is 12.5. The second kappa shape index (κ2) is 6.91. The summed E-state index contributed by atoms with van der Waals surface area (Å²) in [5.74, 6) is -1.48. The van der Waals surface area contributed by atoms with Crippen LogP contribution >= 0.6 is 0 Å². The van der Waals surface area contributed by atoms with Gasteiger partial charge in [0.15, 0.2) is 0 Å². The molecule has 5 heteroatoms. The summed E-state index contributed by atoms with van der Waals surface area (Å²) < 4.78 is 16.3. The van der Waals surface area contributed by atoms with Gasteiger partial charge in [0, 0.05) is 12.8 Å². The van der Waals surface area contributed by atoms with Gasteiger partial charge in [-0.25, -0.2) is 4.79 Å². The van der Waals surface area contributed by atoms with Gasteiger partial charge >= 0.3 is 5.97 Å². The van der Waals surface area contributed by atoms with E-state index in [1.165, 1.54) is 12.5 Å². The van der Waals surface area contributed by atoms with E-state index in [9.17, 15) is 4.79 Å². The largest absolute Gasteiger partial charge is 0.494 e. The molecule has 0 aliphatic carbocycles. The molecule has 1 saturated heterocycles. The number of carboxylic acids is 1. The molecule has 0 radical (unpaired) electrons. The van der Waals surface area contributed by atoms with Crippen molar-refractivity contribution in [2.45, 2.75) is 32.5 Å². The van der Waals surface area contributed by atoms with E-state index in [-0.39, 0.29) is 5.92 Å². The molecule has 116 valence electrons. The van der Waals surface area contributed by atoms with Gasteiger partial charge in [-0.05, 0) is 31.9 Å². The topological polar surface area (TPSA) is 65.0 Å². The number of carbonyl (C=O) groups is 1. The summed E-state index contributed by atoms with van der Waals surface area (Å²) in [6, 6.07) is 7.96. The van der Waals surface area contributed by atoms with Gasteiger partial charge in [-0.2, -0.15) is 0 Å². The molecule has 5 nitrogen and oxygen atoms in total. The van der Waals surface area contributed by atoms with Gasteiger partial charge in [-0.3, -0.25) is 0 Å². The lowest BCUT2D eigenvalue weighted by molar-refractivity contribution is -0.271. The number of aryl methyl sites for hydroxylation is 1. The molecule has 1 aromatic rings. The first-order valence-corrected chi connectivity index (χ1v) is 7.20. The molecular weight excluding hydrogens is 272 g/mol. The molecule has 1 fully saturated rings. The molecule has 1 aliphatic rings. The van der Waals surface area contributed by atoms with E-state index in [0.29, 0.717) is 19.8 Å². The van der Waals surface area contributed by atoms with E-state index in [4.69, 9.17) is 19.3 Å². The lowest BCUT2D eigenvalue weighted by atomic mass is 10.0. The number of hydrogen-bond donors (Lipinski definition) is 1. The number of carboxylic acid groups (broad SMARTS) is 1. The van der Waals surface area contributed by atoms with Crippen LogP contribution in [0.3, 0.4) is 0 Å². The van der Waals surface area contributed by atoms with Crippen molar-refractivity contribution in [1.29, 1.82) is 0 Å². The van der Waals surface area contributed by atoms with Gasteiger partial charge in [0.25, 0.3) is 5.79 Å². The number of hydrogen-bond acceptors (Lipinski definition) is 4. The molecule has 0 atom stereocenters. The number of benzene rings is 1. The van der Waals surface area contributed by atoms with Crippen LogP contribution < -0.4 is 4.74 Å². The van der Waals surface area contributed by atoms with Gasteiger partial charge < -0.3 is 19.3 Å². The number of aliphatic carboxylic acids is 1. The maximum atomic E-state index is 11.0. The molecule has 1 heterocycles. The summed E-state index contributed by atoms with van der Waals surface area (Å²) in [6.07, 6.45) is 1.77. The molecule has 0 saturated carbocycles. The van der Waals surface area contributed by atoms with Gasteiger partial charge in [-0.1, -0.05) is 17.7 Å². The lowest BCUT2D eigenvalue weighted by Crippen LogP contribution is -2.47. The average molecular weight is 294 g/mol. The third-order valence-electron chi connectivity index (χ3n) is 3.62. The normalized spacial score (nSPS) is 25.5. The highest BCUT2D eigenvalue weighted by Gasteiger charge is 2.40. The van der Waals surface area contributed by atoms with Crippen molar-refractivity contribution in [1.82, 2.24) is 0 Å². The van der Waals surface area contributed by atoms with Crippen molar-refractivity contribution < 1.29 is 24.1 Å². The summed E-state index contributed by atoms with van der Waals surface area (Å²) >= 11 is 0. The molecule has 0 unspecified atom stereocenters. The average Bonchev–Trinajstić information content (AvgIpc) is 2.47. The summed E-state index contributed by atoms with van der Waals surface area (Å²) in [7, 11) is 0. The molecule has 21 heavy (non-hydrogen) atoms. The van der Waals surface area contributed by atoms with Gasteiger partial charge in [0.1, 0.15) is 5.75 Å². The Morgan fingerprint density at radius 1 is 1.33 bits per heavy atom. The highest BCUT2D eigenvalue weighted by Crippen LogP contribution is 2.24. The van der Waals surface area contributed by atoms with E-state index in [2.05, 4.69) is 0 Å². The van der Waals surface area contributed by atoms with Gasteiger partial charge in [0.05, 0.1) is 19.8 Å². The van der Waals surface area contributed by atoms with E-state index >= 15 is 0 Å². The predicted octanol–water partition coefficient (Wildman–Crippen LogP) is 2.62. The Morgan fingerprint density at radius 2 is 1.95 bits per heavy atom. The first-order chi connectivity index (χ1) is 9.99. The molecule has 1 N–H and O–H groups in total. The fourth-order valence-corrected chi connectivity index (χ4v) is 2.13. The second-order valence-electron chi connectivity index (χ2n) is 5.54. The molecule has 0 aromatic heterocycles.